The summed E-state index contributed by atoms with van der Waals surface area (Å²) in [6, 6.07) is 5.79. The highest BCUT2D eigenvalue weighted by atomic mass is 16.3. The van der Waals surface area contributed by atoms with Crippen LogP contribution in [0, 0.1) is 0 Å². The van der Waals surface area contributed by atoms with Crippen molar-refractivity contribution >= 4 is 5.91 Å². The molecule has 0 aliphatic carbocycles. The van der Waals surface area contributed by atoms with E-state index in [0.29, 0.717) is 19.5 Å². The first-order chi connectivity index (χ1) is 9.13. The Labute approximate surface area is 113 Å². The lowest BCUT2D eigenvalue weighted by Gasteiger charge is -2.42. The summed E-state index contributed by atoms with van der Waals surface area (Å²) >= 11 is 0. The molecule has 1 fully saturated rings. The molecule has 19 heavy (non-hydrogen) atoms. The van der Waals surface area contributed by atoms with E-state index in [1.807, 2.05) is 35.0 Å². The summed E-state index contributed by atoms with van der Waals surface area (Å²) in [6.45, 7) is 3.38. The third-order valence-electron chi connectivity index (χ3n) is 3.75. The predicted octanol–water partition coefficient (Wildman–Crippen LogP) is 0.495. The van der Waals surface area contributed by atoms with Crippen LogP contribution in [0.4, 0.5) is 0 Å². The first-order valence-corrected chi connectivity index (χ1v) is 6.65. The molecule has 0 saturated carbocycles. The molecule has 0 radical (unpaired) electrons. The van der Waals surface area contributed by atoms with Crippen LogP contribution in [-0.2, 0) is 11.3 Å². The number of carbonyl (C=O) groups is 1. The van der Waals surface area contributed by atoms with Crippen LogP contribution in [0.1, 0.15) is 19.0 Å². The maximum absolute atomic E-state index is 12.4. The van der Waals surface area contributed by atoms with E-state index in [-0.39, 0.29) is 24.6 Å². The summed E-state index contributed by atoms with van der Waals surface area (Å²) in [5.74, 6) is 0.0836. The Kier molecular flexibility index (Phi) is 4.50. The fourth-order valence-corrected chi connectivity index (χ4v) is 2.51. The summed E-state index contributed by atoms with van der Waals surface area (Å²) in [5, 5.41) is 9.11. The van der Waals surface area contributed by atoms with Gasteiger partial charge in [-0.25, -0.2) is 0 Å². The zero-order chi connectivity index (χ0) is 13.8. The second-order valence-electron chi connectivity index (χ2n) is 5.08. The molecule has 1 aromatic rings. The number of aromatic nitrogens is 1. The molecule has 1 amide bonds. The van der Waals surface area contributed by atoms with Gasteiger partial charge in [0, 0.05) is 25.4 Å². The summed E-state index contributed by atoms with van der Waals surface area (Å²) in [5.41, 5.74) is 0.898. The predicted molar refractivity (Wildman–Crippen MR) is 72.4 cm³/mol. The summed E-state index contributed by atoms with van der Waals surface area (Å²) < 4.78 is 0. The fourth-order valence-electron chi connectivity index (χ4n) is 2.51. The average molecular weight is 263 g/mol. The second-order valence-corrected chi connectivity index (χ2v) is 5.08. The number of nitrogens with zero attached hydrogens (tertiary/aromatic N) is 3. The zero-order valence-electron chi connectivity index (χ0n) is 11.5. The first-order valence-electron chi connectivity index (χ1n) is 6.65. The molecule has 2 rings (SSSR count). The van der Waals surface area contributed by atoms with Crippen molar-refractivity contribution in [2.75, 3.05) is 20.2 Å². The highest BCUT2D eigenvalue weighted by molar-refractivity contribution is 5.82. The monoisotopic (exact) mass is 263 g/mol. The third-order valence-corrected chi connectivity index (χ3v) is 3.75. The summed E-state index contributed by atoms with van der Waals surface area (Å²) in [7, 11) is 1.95. The van der Waals surface area contributed by atoms with Crippen LogP contribution in [0.3, 0.4) is 0 Å². The van der Waals surface area contributed by atoms with E-state index in [9.17, 15) is 4.79 Å². The molecule has 0 aromatic carbocycles. The number of carbonyl (C=O) groups excluding carboxylic acids is 1. The van der Waals surface area contributed by atoms with Crippen LogP contribution >= 0.6 is 0 Å². The minimum absolute atomic E-state index is 0.0326. The van der Waals surface area contributed by atoms with E-state index in [1.54, 1.807) is 6.20 Å². The number of piperazine rings is 1. The molecule has 104 valence electrons. The van der Waals surface area contributed by atoms with Gasteiger partial charge in [-0.1, -0.05) is 6.07 Å². The Balaban J connectivity index is 2.10. The lowest BCUT2D eigenvalue weighted by molar-refractivity contribution is -0.145. The molecule has 0 bridgehead atoms. The van der Waals surface area contributed by atoms with Crippen LogP contribution in [-0.4, -0.2) is 58.1 Å². The van der Waals surface area contributed by atoms with Crippen molar-refractivity contribution in [2.45, 2.75) is 32.0 Å². The van der Waals surface area contributed by atoms with E-state index >= 15 is 0 Å². The minimum atomic E-state index is -0.225. The number of amides is 1. The van der Waals surface area contributed by atoms with E-state index in [1.165, 1.54) is 0 Å². The van der Waals surface area contributed by atoms with Gasteiger partial charge in [-0.3, -0.25) is 14.7 Å². The Morgan fingerprint density at radius 2 is 2.26 bits per heavy atom. The lowest BCUT2D eigenvalue weighted by atomic mass is 10.0. The van der Waals surface area contributed by atoms with E-state index in [0.717, 1.165) is 5.69 Å². The van der Waals surface area contributed by atoms with Crippen molar-refractivity contribution in [3.8, 4) is 0 Å². The molecule has 1 saturated heterocycles. The number of hydrogen-bond donors (Lipinski definition) is 1. The Bertz CT molecular complexity index is 424. The van der Waals surface area contributed by atoms with E-state index < -0.39 is 0 Å². The molecule has 5 heteroatoms. The van der Waals surface area contributed by atoms with Crippen molar-refractivity contribution < 1.29 is 9.90 Å². The molecule has 1 N–H and O–H groups in total. The van der Waals surface area contributed by atoms with Crippen LogP contribution in [0.15, 0.2) is 24.4 Å². The second kappa shape index (κ2) is 6.12. The molecule has 2 heterocycles. The van der Waals surface area contributed by atoms with E-state index in [2.05, 4.69) is 11.9 Å². The maximum Gasteiger partial charge on any atom is 0.240 e. The molecule has 5 nitrogen and oxygen atoms in total. The van der Waals surface area contributed by atoms with Gasteiger partial charge in [0.1, 0.15) is 0 Å². The smallest absolute Gasteiger partial charge is 0.240 e. The fraction of sp³-hybridized carbons (Fsp3) is 0.571. The quantitative estimate of drug-likeness (QED) is 0.859. The number of hydrogen-bond acceptors (Lipinski definition) is 4. The maximum atomic E-state index is 12.4. The highest BCUT2D eigenvalue weighted by Gasteiger charge is 2.36. The van der Waals surface area contributed by atoms with Crippen LogP contribution in [0.2, 0.25) is 0 Å². The van der Waals surface area contributed by atoms with Crippen molar-refractivity contribution in [2.24, 2.45) is 0 Å². The highest BCUT2D eigenvalue weighted by Crippen LogP contribution is 2.19. The molecule has 2 atom stereocenters. The van der Waals surface area contributed by atoms with Crippen LogP contribution < -0.4 is 0 Å². The molecule has 1 aliphatic heterocycles. The SMILES string of the molecule is CC1CN(Cc2ccccn2)C(=O)C(CCO)N1C. The summed E-state index contributed by atoms with van der Waals surface area (Å²) in [4.78, 5) is 20.6. The Hall–Kier alpha value is -1.46. The first kappa shape index (κ1) is 14.0. The van der Waals surface area contributed by atoms with Gasteiger partial charge in [0.15, 0.2) is 0 Å². The molecular formula is C14H21N3O2. The normalized spacial score (nSPS) is 24.8. The molecular weight excluding hydrogens is 242 g/mol. The molecule has 2 unspecified atom stereocenters. The van der Waals surface area contributed by atoms with Gasteiger partial charge in [-0.2, -0.15) is 0 Å². The average Bonchev–Trinajstić information content (AvgIpc) is 2.42. The molecule has 1 aromatic heterocycles. The van der Waals surface area contributed by atoms with Crippen molar-refractivity contribution in [3.63, 3.8) is 0 Å². The molecule has 0 spiro atoms. The number of pyridine rings is 1. The van der Waals surface area contributed by atoms with Crippen molar-refractivity contribution in [1.29, 1.82) is 0 Å². The minimum Gasteiger partial charge on any atom is -0.396 e. The van der Waals surface area contributed by atoms with Crippen molar-refractivity contribution in [3.05, 3.63) is 30.1 Å². The number of rotatable bonds is 4. The van der Waals surface area contributed by atoms with Gasteiger partial charge >= 0.3 is 0 Å². The number of likely N-dealkylation sites (N-methyl/N-ethyl adjacent to an activating group) is 1. The van der Waals surface area contributed by atoms with Gasteiger partial charge in [-0.05, 0) is 32.5 Å². The topological polar surface area (TPSA) is 56.7 Å². The van der Waals surface area contributed by atoms with Gasteiger partial charge in [-0.15, -0.1) is 0 Å². The molecule has 1 aliphatic rings. The third kappa shape index (κ3) is 3.11. The van der Waals surface area contributed by atoms with Gasteiger partial charge in [0.05, 0.1) is 18.3 Å². The Morgan fingerprint density at radius 3 is 2.89 bits per heavy atom. The van der Waals surface area contributed by atoms with Crippen LogP contribution in [0.5, 0.6) is 0 Å². The van der Waals surface area contributed by atoms with Crippen LogP contribution in [0.25, 0.3) is 0 Å². The summed E-state index contributed by atoms with van der Waals surface area (Å²) in [6.07, 6.45) is 2.23. The van der Waals surface area contributed by atoms with Gasteiger partial charge in [0.25, 0.3) is 0 Å². The standard InChI is InChI=1S/C14H21N3O2/c1-11-9-17(10-12-5-3-4-7-15-12)14(19)13(6-8-18)16(11)2/h3-5,7,11,13,18H,6,8-10H2,1-2H3. The van der Waals surface area contributed by atoms with Gasteiger partial charge in [0.2, 0.25) is 5.91 Å². The van der Waals surface area contributed by atoms with Gasteiger partial charge < -0.3 is 10.0 Å². The van der Waals surface area contributed by atoms with Crippen molar-refractivity contribution in [1.82, 2.24) is 14.8 Å². The lowest BCUT2D eigenvalue weighted by Crippen LogP contribution is -2.59. The Morgan fingerprint density at radius 1 is 1.47 bits per heavy atom. The zero-order valence-corrected chi connectivity index (χ0v) is 11.5. The number of aliphatic hydroxyl groups excluding tert-OH is 1. The number of aliphatic hydroxyl groups is 1. The van der Waals surface area contributed by atoms with E-state index in [4.69, 9.17) is 5.11 Å². The largest absolute Gasteiger partial charge is 0.396 e.